The van der Waals surface area contributed by atoms with Gasteiger partial charge in [0.1, 0.15) is 13.2 Å². The van der Waals surface area contributed by atoms with Gasteiger partial charge in [-0.05, 0) is 60.4 Å². The van der Waals surface area contributed by atoms with E-state index < -0.39 is 22.0 Å². The molecule has 0 aliphatic heterocycles. The summed E-state index contributed by atoms with van der Waals surface area (Å²) in [6.07, 6.45) is 7.06. The number of sulfonamides is 1. The third-order valence-electron chi connectivity index (χ3n) is 6.10. The molecule has 4 rings (SSSR count). The number of amides is 2. The number of ether oxygens (including phenoxy) is 1. The summed E-state index contributed by atoms with van der Waals surface area (Å²) >= 11 is 6.19. The molecule has 8 nitrogen and oxygen atoms in total. The van der Waals surface area contributed by atoms with E-state index in [2.05, 4.69) is 5.32 Å². The van der Waals surface area contributed by atoms with Gasteiger partial charge in [0, 0.05) is 17.8 Å². The Morgan fingerprint density at radius 3 is 2.48 bits per heavy atom. The summed E-state index contributed by atoms with van der Waals surface area (Å²) in [6.45, 7) is -0.0628. The van der Waals surface area contributed by atoms with Crippen molar-refractivity contribution in [1.29, 1.82) is 0 Å². The van der Waals surface area contributed by atoms with Crippen molar-refractivity contribution >= 4 is 45.0 Å². The van der Waals surface area contributed by atoms with Crippen molar-refractivity contribution in [2.75, 3.05) is 29.8 Å². The normalized spacial score (nSPS) is 12.8. The van der Waals surface area contributed by atoms with Crippen LogP contribution in [0.5, 0.6) is 0 Å². The molecule has 0 saturated heterocycles. The third-order valence-corrected chi connectivity index (χ3v) is 8.10. The number of halogens is 1. The zero-order valence-corrected chi connectivity index (χ0v) is 23.6. The summed E-state index contributed by atoms with van der Waals surface area (Å²) in [5, 5.41) is 3.08. The summed E-state index contributed by atoms with van der Waals surface area (Å²) in [7, 11) is -2.59. The molecule has 0 spiro atoms. The van der Waals surface area contributed by atoms with Crippen molar-refractivity contribution in [2.45, 2.75) is 24.3 Å². The van der Waals surface area contributed by atoms with Crippen molar-refractivity contribution in [1.82, 2.24) is 4.90 Å². The molecule has 0 saturated carbocycles. The predicted molar refractivity (Wildman–Crippen MR) is 157 cm³/mol. The van der Waals surface area contributed by atoms with Crippen LogP contribution >= 0.6 is 11.6 Å². The Labute approximate surface area is 239 Å². The largest absolute Gasteiger partial charge is 0.445 e. The highest BCUT2D eigenvalue weighted by molar-refractivity contribution is 7.92. The van der Waals surface area contributed by atoms with Gasteiger partial charge < -0.3 is 15.0 Å². The molecule has 3 aromatic rings. The number of hydrogen-bond acceptors (Lipinski definition) is 5. The zero-order chi connectivity index (χ0) is 28.5. The minimum absolute atomic E-state index is 0.00119. The van der Waals surface area contributed by atoms with Gasteiger partial charge >= 0.3 is 6.09 Å². The highest BCUT2D eigenvalue weighted by Crippen LogP contribution is 2.29. The number of nitrogens with zero attached hydrogens (tertiary/aromatic N) is 2. The van der Waals surface area contributed by atoms with Gasteiger partial charge in [0.15, 0.2) is 0 Å². The number of benzene rings is 3. The number of likely N-dealkylation sites (N-methyl/N-ethyl adjacent to an activating group) is 1. The Balaban J connectivity index is 1.46. The Bertz CT molecular complexity index is 1520. The second-order valence-corrected chi connectivity index (χ2v) is 11.5. The van der Waals surface area contributed by atoms with Crippen molar-refractivity contribution in [3.63, 3.8) is 0 Å². The van der Waals surface area contributed by atoms with Crippen LogP contribution in [-0.4, -0.2) is 45.5 Å². The van der Waals surface area contributed by atoms with E-state index in [9.17, 15) is 18.0 Å². The maximum absolute atomic E-state index is 13.9. The number of anilines is 2. The SMILES string of the molecule is CN(CC(=O)Nc1cccc(S(=O)(=O)N(CC2=CCCC=C2)c2cccc(Cl)c2)c1)C(=O)OCc1ccccc1. The van der Waals surface area contributed by atoms with Gasteiger partial charge in [-0.1, -0.05) is 72.3 Å². The summed E-state index contributed by atoms with van der Waals surface area (Å²) in [5.74, 6) is -0.502. The lowest BCUT2D eigenvalue weighted by Gasteiger charge is -2.26. The van der Waals surface area contributed by atoms with Crippen LogP contribution in [0.2, 0.25) is 5.02 Å². The number of allylic oxidation sites excluding steroid dienone is 2. The van der Waals surface area contributed by atoms with Gasteiger partial charge in [0.25, 0.3) is 10.0 Å². The van der Waals surface area contributed by atoms with Crippen molar-refractivity contribution < 1.29 is 22.7 Å². The third kappa shape index (κ3) is 7.74. The number of carbonyl (C=O) groups excluding carboxylic acids is 2. The van der Waals surface area contributed by atoms with Gasteiger partial charge in [0.2, 0.25) is 5.91 Å². The van der Waals surface area contributed by atoms with Gasteiger partial charge in [-0.15, -0.1) is 0 Å². The first-order chi connectivity index (χ1) is 19.2. The van der Waals surface area contributed by atoms with E-state index in [-0.39, 0.29) is 30.3 Å². The monoisotopic (exact) mass is 579 g/mol. The van der Waals surface area contributed by atoms with Gasteiger partial charge in [-0.2, -0.15) is 0 Å². The van der Waals surface area contributed by atoms with E-state index in [4.69, 9.17) is 16.3 Å². The predicted octanol–water partition coefficient (Wildman–Crippen LogP) is 6.02. The lowest BCUT2D eigenvalue weighted by atomic mass is 10.1. The average Bonchev–Trinajstić information content (AvgIpc) is 2.95. The van der Waals surface area contributed by atoms with Gasteiger partial charge in [-0.3, -0.25) is 9.10 Å². The molecule has 0 radical (unpaired) electrons. The minimum atomic E-state index is -4.03. The number of nitrogens with one attached hydrogen (secondary N) is 1. The quantitative estimate of drug-likeness (QED) is 0.317. The molecule has 1 N–H and O–H groups in total. The maximum atomic E-state index is 13.9. The van der Waals surface area contributed by atoms with Gasteiger partial charge in [-0.25, -0.2) is 13.2 Å². The van der Waals surface area contributed by atoms with Gasteiger partial charge in [0.05, 0.1) is 17.1 Å². The van der Waals surface area contributed by atoms with E-state index in [1.165, 1.54) is 23.5 Å². The smallest absolute Gasteiger partial charge is 0.410 e. The first-order valence-corrected chi connectivity index (χ1v) is 14.5. The fourth-order valence-corrected chi connectivity index (χ4v) is 5.74. The molecule has 2 amide bonds. The first kappa shape index (κ1) is 28.9. The lowest BCUT2D eigenvalue weighted by Crippen LogP contribution is -2.35. The first-order valence-electron chi connectivity index (χ1n) is 12.7. The highest BCUT2D eigenvalue weighted by Gasteiger charge is 2.26. The van der Waals surface area contributed by atoms with Crippen molar-refractivity contribution in [2.24, 2.45) is 0 Å². The molecule has 0 aromatic heterocycles. The fraction of sp³-hybridized carbons (Fsp3) is 0.200. The Morgan fingerprint density at radius 2 is 1.75 bits per heavy atom. The zero-order valence-electron chi connectivity index (χ0n) is 22.0. The molecule has 1 aliphatic rings. The van der Waals surface area contributed by atoms with E-state index in [0.717, 1.165) is 28.9 Å². The molecule has 0 atom stereocenters. The van der Waals surface area contributed by atoms with Crippen LogP contribution in [0.1, 0.15) is 18.4 Å². The summed E-state index contributed by atoms with van der Waals surface area (Å²) in [6, 6.07) is 21.9. The minimum Gasteiger partial charge on any atom is -0.445 e. The Hall–Kier alpha value is -4.08. The van der Waals surface area contributed by atoms with Crippen LogP contribution in [0.15, 0.2) is 108 Å². The molecule has 1 aliphatic carbocycles. The van der Waals surface area contributed by atoms with Crippen LogP contribution in [0, 0.1) is 0 Å². The van der Waals surface area contributed by atoms with Crippen LogP contribution in [0.4, 0.5) is 16.2 Å². The van der Waals surface area contributed by atoms with E-state index in [1.54, 1.807) is 36.4 Å². The topological polar surface area (TPSA) is 96.0 Å². The van der Waals surface area contributed by atoms with Crippen LogP contribution in [0.3, 0.4) is 0 Å². The van der Waals surface area contributed by atoms with E-state index in [1.807, 2.05) is 48.6 Å². The van der Waals surface area contributed by atoms with Crippen molar-refractivity contribution in [3.8, 4) is 0 Å². The Kier molecular flexibility index (Phi) is 9.63. The van der Waals surface area contributed by atoms with Crippen LogP contribution in [-0.2, 0) is 26.2 Å². The second-order valence-electron chi connectivity index (χ2n) is 9.22. The summed E-state index contributed by atoms with van der Waals surface area (Å²) in [4.78, 5) is 26.1. The summed E-state index contributed by atoms with van der Waals surface area (Å²) < 4.78 is 34.3. The second kappa shape index (κ2) is 13.3. The molecule has 40 heavy (non-hydrogen) atoms. The number of carbonyl (C=O) groups is 2. The highest BCUT2D eigenvalue weighted by atomic mass is 35.5. The van der Waals surface area contributed by atoms with Crippen molar-refractivity contribution in [3.05, 3.63) is 113 Å². The Morgan fingerprint density at radius 1 is 0.975 bits per heavy atom. The fourth-order valence-electron chi connectivity index (χ4n) is 4.07. The maximum Gasteiger partial charge on any atom is 0.410 e. The molecule has 0 fully saturated rings. The van der Waals surface area contributed by atoms with E-state index >= 15 is 0 Å². The van der Waals surface area contributed by atoms with Crippen LogP contribution in [0.25, 0.3) is 0 Å². The van der Waals surface area contributed by atoms with E-state index in [0.29, 0.717) is 10.7 Å². The summed E-state index contributed by atoms with van der Waals surface area (Å²) in [5.41, 5.74) is 2.41. The molecule has 0 unspecified atom stereocenters. The molecular formula is C30H30ClN3O5S. The molecule has 10 heteroatoms. The lowest BCUT2D eigenvalue weighted by molar-refractivity contribution is -0.116. The molecular weight excluding hydrogens is 550 g/mol. The molecule has 208 valence electrons. The number of rotatable bonds is 10. The molecule has 3 aromatic carbocycles. The average molecular weight is 580 g/mol. The standard InChI is InChI=1S/C30H30ClN3O5S/c1-33(30(36)39-22-24-12-6-3-7-13-24)21-29(35)32-26-15-9-17-28(19-26)40(37,38)34(20-23-10-4-2-5-11-23)27-16-8-14-25(31)18-27/h3-4,6-19H,2,5,20-22H2,1H3,(H,32,35). The molecule has 0 bridgehead atoms. The van der Waals surface area contributed by atoms with Crippen LogP contribution < -0.4 is 9.62 Å². The number of hydrogen-bond donors (Lipinski definition) is 1. The molecule has 0 heterocycles.